The van der Waals surface area contributed by atoms with Gasteiger partial charge in [0.15, 0.2) is 0 Å². The summed E-state index contributed by atoms with van der Waals surface area (Å²) in [5, 5.41) is 0.173. The largest absolute Gasteiger partial charge is 0.237 e. The number of rotatable bonds is 5. The van der Waals surface area contributed by atoms with Crippen LogP contribution < -0.4 is 0 Å². The summed E-state index contributed by atoms with van der Waals surface area (Å²) in [6.45, 7) is 8.66. The number of hydrogen-bond acceptors (Lipinski definition) is 4. The highest BCUT2D eigenvalue weighted by molar-refractivity contribution is 8.79. The van der Waals surface area contributed by atoms with Crippen LogP contribution in [-0.4, -0.2) is 19.8 Å². The molecule has 0 fully saturated rings. The molecule has 0 rings (SSSR count). The molecule has 4 nitrogen and oxygen atoms in total. The first-order valence-corrected chi connectivity index (χ1v) is 8.41. The van der Waals surface area contributed by atoms with E-state index in [1.165, 1.54) is 30.6 Å². The lowest BCUT2D eigenvalue weighted by Crippen LogP contribution is -2.01. The molecule has 0 radical (unpaired) electrons. The van der Waals surface area contributed by atoms with Crippen LogP contribution in [-0.2, 0) is 8.87 Å². The zero-order valence-corrected chi connectivity index (χ0v) is 12.9. The Morgan fingerprint density at radius 3 is 2.42 bits per heavy atom. The lowest BCUT2D eigenvalue weighted by atomic mass is 10.4. The van der Waals surface area contributed by atoms with Gasteiger partial charge < -0.3 is 0 Å². The smallest absolute Gasteiger partial charge is 0.235 e. The molecule has 19 heavy (non-hydrogen) atoms. The minimum Gasteiger partial charge on any atom is -0.235 e. The van der Waals surface area contributed by atoms with Crippen molar-refractivity contribution in [3.8, 4) is 0 Å². The number of amidine groups is 1. The second-order valence-corrected chi connectivity index (χ2v) is 6.83. The molecular formula is C13H18N2O2S2. The minimum absolute atomic E-state index is 0.173. The van der Waals surface area contributed by atoms with E-state index in [1.54, 1.807) is 32.9 Å². The second-order valence-electron chi connectivity index (χ2n) is 3.10. The monoisotopic (exact) mass is 298 g/mol. The SMILES string of the molecule is C=C/C=C\C(=C/C)S(=O)(=O)SC(/N=C\C)=N/C=C\C. The third-order valence-corrected chi connectivity index (χ3v) is 4.94. The van der Waals surface area contributed by atoms with Gasteiger partial charge in [-0.3, -0.25) is 0 Å². The van der Waals surface area contributed by atoms with Crippen LogP contribution in [0.2, 0.25) is 0 Å². The standard InChI is InChI=1S/C13H18N2O2S2/c1-5-9-10-12(7-3)19(16,17)18-13(14-8-4)15-11-6-2/h5-11H,1H2,2-4H3/b10-9-,11-6-,12-7+,14-8-,15-13+. The highest BCUT2D eigenvalue weighted by atomic mass is 33.1. The van der Waals surface area contributed by atoms with Crippen LogP contribution in [0, 0.1) is 0 Å². The summed E-state index contributed by atoms with van der Waals surface area (Å²) < 4.78 is 24.3. The van der Waals surface area contributed by atoms with Crippen molar-refractivity contribution in [2.24, 2.45) is 9.98 Å². The van der Waals surface area contributed by atoms with Crippen LogP contribution in [0.3, 0.4) is 0 Å². The number of hydrogen-bond donors (Lipinski definition) is 0. The van der Waals surface area contributed by atoms with Gasteiger partial charge in [-0.25, -0.2) is 18.4 Å². The van der Waals surface area contributed by atoms with Crippen molar-refractivity contribution in [1.29, 1.82) is 0 Å². The fourth-order valence-corrected chi connectivity index (χ4v) is 3.63. The Bertz CT molecular complexity index is 539. The zero-order valence-electron chi connectivity index (χ0n) is 11.3. The molecule has 0 aromatic carbocycles. The Hall–Kier alpha value is -1.40. The third kappa shape index (κ3) is 6.93. The number of aliphatic imine (C=N–C) groups is 2. The summed E-state index contributed by atoms with van der Waals surface area (Å²) in [5.41, 5.74) is 0. The van der Waals surface area contributed by atoms with Gasteiger partial charge in [-0.05, 0) is 26.8 Å². The highest BCUT2D eigenvalue weighted by Gasteiger charge is 2.18. The molecule has 0 aliphatic carbocycles. The molecule has 0 heterocycles. The average Bonchev–Trinajstić information content (AvgIpc) is 2.36. The van der Waals surface area contributed by atoms with E-state index in [2.05, 4.69) is 16.6 Å². The fourth-order valence-electron chi connectivity index (χ4n) is 0.958. The normalized spacial score (nSPS) is 14.9. The van der Waals surface area contributed by atoms with Gasteiger partial charge in [-0.15, -0.1) is 0 Å². The van der Waals surface area contributed by atoms with E-state index in [0.29, 0.717) is 10.8 Å². The molecule has 0 aliphatic heterocycles. The minimum atomic E-state index is -3.53. The highest BCUT2D eigenvalue weighted by Crippen LogP contribution is 2.25. The summed E-state index contributed by atoms with van der Waals surface area (Å²) in [6, 6.07) is 0. The Kier molecular flexibility index (Phi) is 8.82. The topological polar surface area (TPSA) is 58.9 Å². The van der Waals surface area contributed by atoms with Crippen LogP contribution in [0.25, 0.3) is 0 Å². The maximum atomic E-state index is 12.1. The van der Waals surface area contributed by atoms with Crippen LogP contribution in [0.15, 0.2) is 58.0 Å². The third-order valence-electron chi connectivity index (χ3n) is 1.73. The molecule has 0 amide bonds. The van der Waals surface area contributed by atoms with Crippen molar-refractivity contribution in [2.75, 3.05) is 0 Å². The van der Waals surface area contributed by atoms with Crippen LogP contribution in [0.4, 0.5) is 0 Å². The Morgan fingerprint density at radius 1 is 1.26 bits per heavy atom. The Labute approximate surface area is 118 Å². The molecule has 104 valence electrons. The predicted octanol–water partition coefficient (Wildman–Crippen LogP) is 3.68. The van der Waals surface area contributed by atoms with Crippen molar-refractivity contribution in [2.45, 2.75) is 20.8 Å². The zero-order chi connectivity index (χ0) is 14.7. The van der Waals surface area contributed by atoms with E-state index in [-0.39, 0.29) is 10.1 Å². The van der Waals surface area contributed by atoms with Gasteiger partial charge >= 0.3 is 0 Å². The number of nitrogens with zero attached hydrogens (tertiary/aromatic N) is 2. The molecule has 0 bridgehead atoms. The first-order chi connectivity index (χ1) is 9.01. The van der Waals surface area contributed by atoms with Crippen molar-refractivity contribution in [3.05, 3.63) is 48.1 Å². The van der Waals surface area contributed by atoms with Gasteiger partial charge in [-0.1, -0.05) is 30.9 Å². The number of allylic oxidation sites excluding steroid dienone is 5. The van der Waals surface area contributed by atoms with Gasteiger partial charge in [0.2, 0.25) is 14.0 Å². The molecule has 0 saturated heterocycles. The summed E-state index contributed by atoms with van der Waals surface area (Å²) >= 11 is 0. The summed E-state index contributed by atoms with van der Waals surface area (Å²) in [4.78, 5) is 8.09. The molecule has 6 heteroatoms. The first kappa shape index (κ1) is 17.6. The van der Waals surface area contributed by atoms with E-state index < -0.39 is 8.87 Å². The Morgan fingerprint density at radius 2 is 1.95 bits per heavy atom. The van der Waals surface area contributed by atoms with Gasteiger partial charge in [0.25, 0.3) is 0 Å². The molecule has 0 aromatic rings. The van der Waals surface area contributed by atoms with E-state index in [4.69, 9.17) is 0 Å². The van der Waals surface area contributed by atoms with Crippen LogP contribution >= 0.6 is 10.8 Å². The van der Waals surface area contributed by atoms with Gasteiger partial charge in [0, 0.05) is 23.2 Å². The average molecular weight is 298 g/mol. The molecule has 0 N–H and O–H groups in total. The lowest BCUT2D eigenvalue weighted by Gasteiger charge is -2.03. The Balaban J connectivity index is 5.31. The second kappa shape index (κ2) is 9.52. The molecule has 0 aromatic heterocycles. The molecule has 0 spiro atoms. The van der Waals surface area contributed by atoms with Crippen molar-refractivity contribution in [3.63, 3.8) is 0 Å². The maximum Gasteiger partial charge on any atom is 0.237 e. The molecule has 0 saturated carbocycles. The first-order valence-electron chi connectivity index (χ1n) is 5.59. The van der Waals surface area contributed by atoms with Crippen molar-refractivity contribution < 1.29 is 8.42 Å². The summed E-state index contributed by atoms with van der Waals surface area (Å²) in [7, 11) is -2.92. The van der Waals surface area contributed by atoms with E-state index in [1.807, 2.05) is 0 Å². The van der Waals surface area contributed by atoms with Gasteiger partial charge in [0.1, 0.15) is 0 Å². The van der Waals surface area contributed by atoms with Gasteiger partial charge in [0.05, 0.1) is 4.91 Å². The fraction of sp³-hybridized carbons (Fsp3) is 0.231. The summed E-state index contributed by atoms with van der Waals surface area (Å²) in [5.74, 6) is 0. The van der Waals surface area contributed by atoms with Crippen molar-refractivity contribution >= 4 is 31.0 Å². The quantitative estimate of drug-likeness (QED) is 0.337. The lowest BCUT2D eigenvalue weighted by molar-refractivity contribution is 0.616. The molecule has 0 unspecified atom stereocenters. The van der Waals surface area contributed by atoms with E-state index in [0.717, 1.165) is 0 Å². The predicted molar refractivity (Wildman–Crippen MR) is 86.0 cm³/mol. The van der Waals surface area contributed by atoms with Crippen molar-refractivity contribution in [1.82, 2.24) is 0 Å². The van der Waals surface area contributed by atoms with Crippen LogP contribution in [0.1, 0.15) is 20.8 Å². The molecule has 0 atom stereocenters. The van der Waals surface area contributed by atoms with Crippen LogP contribution in [0.5, 0.6) is 0 Å². The van der Waals surface area contributed by atoms with E-state index in [9.17, 15) is 8.42 Å². The molecule has 0 aliphatic rings. The van der Waals surface area contributed by atoms with E-state index >= 15 is 0 Å². The molecular weight excluding hydrogens is 280 g/mol. The summed E-state index contributed by atoms with van der Waals surface area (Å²) in [6.07, 6.45) is 10.8. The maximum absolute atomic E-state index is 12.1. The van der Waals surface area contributed by atoms with Gasteiger partial charge in [-0.2, -0.15) is 0 Å².